The first-order valence-electron chi connectivity index (χ1n) is 7.77. The van der Waals surface area contributed by atoms with Crippen molar-refractivity contribution < 1.29 is 14.3 Å². The molecule has 0 unspecified atom stereocenters. The molecule has 0 fully saturated rings. The molecule has 2 aromatic rings. The van der Waals surface area contributed by atoms with Crippen LogP contribution in [0.25, 0.3) is 0 Å². The molecule has 6 heteroatoms. The maximum absolute atomic E-state index is 12.4. The van der Waals surface area contributed by atoms with Crippen LogP contribution >= 0.6 is 0 Å². The van der Waals surface area contributed by atoms with E-state index < -0.39 is 12.1 Å². The molecule has 3 N–H and O–H groups in total. The Hall–Kier alpha value is -3.02. The van der Waals surface area contributed by atoms with Crippen molar-refractivity contribution in [3.63, 3.8) is 0 Å². The Balaban J connectivity index is 1.99. The van der Waals surface area contributed by atoms with Gasteiger partial charge >= 0.3 is 0 Å². The zero-order chi connectivity index (χ0) is 17.1. The molecule has 0 radical (unpaired) electrons. The van der Waals surface area contributed by atoms with Gasteiger partial charge in [0.2, 0.25) is 5.91 Å². The molecule has 1 aliphatic heterocycles. The van der Waals surface area contributed by atoms with E-state index in [1.807, 2.05) is 43.3 Å². The second kappa shape index (κ2) is 6.62. The summed E-state index contributed by atoms with van der Waals surface area (Å²) in [6.45, 7) is 2.51. The number of amides is 2. The lowest BCUT2D eigenvalue weighted by atomic mass is 10.0. The van der Waals surface area contributed by atoms with Crippen LogP contribution in [0, 0.1) is 0 Å². The number of carbonyl (C=O) groups is 2. The Kier molecular flexibility index (Phi) is 4.37. The largest absolute Gasteiger partial charge is 0.494 e. The minimum atomic E-state index is -0.462. The van der Waals surface area contributed by atoms with Gasteiger partial charge in [-0.25, -0.2) is 0 Å². The maximum Gasteiger partial charge on any atom is 0.255 e. The normalized spacial score (nSPS) is 16.3. The van der Waals surface area contributed by atoms with Gasteiger partial charge in [0.05, 0.1) is 24.4 Å². The molecule has 0 saturated carbocycles. The summed E-state index contributed by atoms with van der Waals surface area (Å²) in [6.07, 6.45) is -0.462. The van der Waals surface area contributed by atoms with Crippen molar-refractivity contribution in [2.45, 2.75) is 13.1 Å². The van der Waals surface area contributed by atoms with Crippen molar-refractivity contribution in [1.29, 1.82) is 0 Å². The van der Waals surface area contributed by atoms with Gasteiger partial charge in [-0.3, -0.25) is 9.59 Å². The molecule has 0 aliphatic carbocycles. The topological polar surface area (TPSA) is 84.7 Å². The van der Waals surface area contributed by atoms with Crippen molar-refractivity contribution in [3.05, 3.63) is 59.7 Å². The van der Waals surface area contributed by atoms with Gasteiger partial charge in [-0.2, -0.15) is 0 Å². The van der Waals surface area contributed by atoms with Gasteiger partial charge in [0.25, 0.3) is 5.91 Å². The highest BCUT2D eigenvalue weighted by Crippen LogP contribution is 2.33. The molecule has 0 spiro atoms. The Labute approximate surface area is 140 Å². The van der Waals surface area contributed by atoms with Gasteiger partial charge in [0.15, 0.2) is 0 Å². The van der Waals surface area contributed by atoms with Crippen molar-refractivity contribution in [2.24, 2.45) is 5.73 Å². The van der Waals surface area contributed by atoms with E-state index in [2.05, 4.69) is 5.32 Å². The highest BCUT2D eigenvalue weighted by Gasteiger charge is 2.32. The number of anilines is 1. The number of rotatable bonds is 5. The van der Waals surface area contributed by atoms with Crippen LogP contribution in [-0.4, -0.2) is 25.0 Å². The third kappa shape index (κ3) is 3.03. The second-order valence-electron chi connectivity index (χ2n) is 5.49. The summed E-state index contributed by atoms with van der Waals surface area (Å²) in [5.74, 6) is 0.118. The molecule has 1 atom stereocenters. The monoisotopic (exact) mass is 325 g/mol. The van der Waals surface area contributed by atoms with Crippen LogP contribution in [0.3, 0.4) is 0 Å². The number of nitrogens with one attached hydrogen (secondary N) is 1. The average molecular weight is 325 g/mol. The summed E-state index contributed by atoms with van der Waals surface area (Å²) < 4.78 is 5.44. The van der Waals surface area contributed by atoms with E-state index in [9.17, 15) is 9.59 Å². The first-order chi connectivity index (χ1) is 11.6. The quantitative estimate of drug-likeness (QED) is 0.878. The molecular weight excluding hydrogens is 306 g/mol. The van der Waals surface area contributed by atoms with Crippen LogP contribution in [0.15, 0.2) is 48.5 Å². The first kappa shape index (κ1) is 15.9. The molecule has 124 valence electrons. The number of fused-ring (bicyclic) bond motifs is 1. The van der Waals surface area contributed by atoms with Crippen molar-refractivity contribution in [2.75, 3.05) is 18.1 Å². The van der Waals surface area contributed by atoms with Crippen LogP contribution in [0.1, 0.15) is 29.0 Å². The number of carbonyl (C=O) groups excluding carboxylic acids is 2. The smallest absolute Gasteiger partial charge is 0.255 e. The Morgan fingerprint density at radius 1 is 1.21 bits per heavy atom. The fourth-order valence-corrected chi connectivity index (χ4v) is 2.86. The van der Waals surface area contributed by atoms with E-state index in [0.717, 1.165) is 11.3 Å². The number of nitrogens with zero attached hydrogens (tertiary/aromatic N) is 1. The predicted molar refractivity (Wildman–Crippen MR) is 90.8 cm³/mol. The van der Waals surface area contributed by atoms with Crippen LogP contribution in [0.4, 0.5) is 5.69 Å². The van der Waals surface area contributed by atoms with Crippen LogP contribution in [0.5, 0.6) is 5.75 Å². The van der Waals surface area contributed by atoms with E-state index in [1.165, 1.54) is 0 Å². The Morgan fingerprint density at radius 2 is 1.92 bits per heavy atom. The molecule has 2 amide bonds. The van der Waals surface area contributed by atoms with Crippen LogP contribution in [-0.2, 0) is 4.79 Å². The zero-order valence-corrected chi connectivity index (χ0v) is 13.4. The molecule has 0 bridgehead atoms. The molecule has 0 saturated heterocycles. The summed E-state index contributed by atoms with van der Waals surface area (Å²) in [5, 5.41) is 2.93. The van der Waals surface area contributed by atoms with Gasteiger partial charge in [-0.15, -0.1) is 0 Å². The number of benzene rings is 2. The molecule has 3 rings (SSSR count). The average Bonchev–Trinajstić information content (AvgIpc) is 2.58. The molecule has 1 heterocycles. The molecular formula is C18H19N3O3. The third-order valence-electron chi connectivity index (χ3n) is 3.87. The van der Waals surface area contributed by atoms with Crippen molar-refractivity contribution in [1.82, 2.24) is 5.32 Å². The Bertz CT molecular complexity index is 758. The van der Waals surface area contributed by atoms with Gasteiger partial charge in [-0.1, -0.05) is 24.3 Å². The molecule has 1 aliphatic rings. The molecule has 0 aromatic heterocycles. The lowest BCUT2D eigenvalue weighted by Crippen LogP contribution is -2.49. The highest BCUT2D eigenvalue weighted by molar-refractivity contribution is 6.02. The minimum absolute atomic E-state index is 0.00910. The van der Waals surface area contributed by atoms with Gasteiger partial charge in [0, 0.05) is 0 Å². The fourth-order valence-electron chi connectivity index (χ4n) is 2.86. The second-order valence-corrected chi connectivity index (χ2v) is 5.49. The molecule has 2 aromatic carbocycles. The highest BCUT2D eigenvalue weighted by atomic mass is 16.5. The standard InChI is InChI=1S/C18H19N3O3/c1-2-24-13-9-7-12(8-10-13)17-20-18(23)14-5-3-4-6-15(14)21(17)11-16(19)22/h3-10,17H,2,11H2,1H3,(H2,19,22)(H,20,23)/t17-/m1/s1. The maximum atomic E-state index is 12.4. The molecule has 24 heavy (non-hydrogen) atoms. The van der Waals surface area contributed by atoms with Crippen LogP contribution in [0.2, 0.25) is 0 Å². The Morgan fingerprint density at radius 3 is 2.58 bits per heavy atom. The summed E-state index contributed by atoms with van der Waals surface area (Å²) >= 11 is 0. The van der Waals surface area contributed by atoms with E-state index in [4.69, 9.17) is 10.5 Å². The number of nitrogens with two attached hydrogens (primary N) is 1. The van der Waals surface area contributed by atoms with Gasteiger partial charge in [-0.05, 0) is 36.8 Å². The summed E-state index contributed by atoms with van der Waals surface area (Å²) in [6, 6.07) is 14.6. The van der Waals surface area contributed by atoms with Crippen molar-refractivity contribution in [3.8, 4) is 5.75 Å². The number of para-hydroxylation sites is 1. The van der Waals surface area contributed by atoms with Crippen LogP contribution < -0.4 is 20.7 Å². The van der Waals surface area contributed by atoms with Gasteiger partial charge in [0.1, 0.15) is 11.9 Å². The van der Waals surface area contributed by atoms with Gasteiger partial charge < -0.3 is 20.7 Å². The predicted octanol–water partition coefficient (Wildman–Crippen LogP) is 1.82. The van der Waals surface area contributed by atoms with E-state index in [1.54, 1.807) is 17.0 Å². The SMILES string of the molecule is CCOc1ccc([C@@H]2NC(=O)c3ccccc3N2CC(N)=O)cc1. The third-order valence-corrected chi connectivity index (χ3v) is 3.87. The van der Waals surface area contributed by atoms with Crippen molar-refractivity contribution >= 4 is 17.5 Å². The van der Waals surface area contributed by atoms with E-state index in [0.29, 0.717) is 17.9 Å². The summed E-state index contributed by atoms with van der Waals surface area (Å²) in [4.78, 5) is 25.7. The minimum Gasteiger partial charge on any atom is -0.494 e. The first-order valence-corrected chi connectivity index (χ1v) is 7.77. The summed E-state index contributed by atoms with van der Waals surface area (Å²) in [7, 11) is 0. The zero-order valence-electron chi connectivity index (χ0n) is 13.4. The van der Waals surface area contributed by atoms with E-state index >= 15 is 0 Å². The lowest BCUT2D eigenvalue weighted by molar-refractivity contribution is -0.116. The number of hydrogen-bond donors (Lipinski definition) is 2. The lowest BCUT2D eigenvalue weighted by Gasteiger charge is -2.38. The number of ether oxygens (including phenoxy) is 1. The number of primary amides is 1. The van der Waals surface area contributed by atoms with E-state index in [-0.39, 0.29) is 12.5 Å². The molecule has 6 nitrogen and oxygen atoms in total. The summed E-state index contributed by atoms with van der Waals surface area (Å²) in [5.41, 5.74) is 7.48. The number of hydrogen-bond acceptors (Lipinski definition) is 4. The fraction of sp³-hybridized carbons (Fsp3) is 0.222.